The maximum atomic E-state index is 15.2. The molecule has 1 aliphatic rings. The minimum absolute atomic E-state index is 0.0160. The van der Waals surface area contributed by atoms with E-state index in [1.807, 2.05) is 6.07 Å². The number of ether oxygens (including phenoxy) is 1. The fourth-order valence-electron chi connectivity index (χ4n) is 3.86. The molecule has 0 radical (unpaired) electrons. The van der Waals surface area contributed by atoms with E-state index in [2.05, 4.69) is 25.7 Å². The van der Waals surface area contributed by atoms with Crippen molar-refractivity contribution in [3.05, 3.63) is 65.3 Å². The molecule has 2 aromatic heterocycles. The summed E-state index contributed by atoms with van der Waals surface area (Å²) in [6.07, 6.45) is 1.44. The van der Waals surface area contributed by atoms with Crippen LogP contribution >= 0.6 is 0 Å². The third-order valence-electron chi connectivity index (χ3n) is 5.47. The number of alkyl halides is 2. The van der Waals surface area contributed by atoms with Gasteiger partial charge in [0.1, 0.15) is 28.7 Å². The fourth-order valence-corrected chi connectivity index (χ4v) is 3.86. The zero-order chi connectivity index (χ0) is 27.8. The number of nitrogens with one attached hydrogen (secondary N) is 2. The minimum atomic E-state index is -2.91. The topological polar surface area (TPSA) is 139 Å². The third-order valence-corrected chi connectivity index (χ3v) is 5.47. The molecule has 2 N–H and O–H groups in total. The van der Waals surface area contributed by atoms with Crippen molar-refractivity contribution in [3.8, 4) is 6.07 Å². The Balaban J connectivity index is 1.69. The third kappa shape index (κ3) is 5.36. The van der Waals surface area contributed by atoms with E-state index in [0.29, 0.717) is 4.68 Å². The monoisotopic (exact) mass is 528 g/mol. The predicted molar refractivity (Wildman–Crippen MR) is 128 cm³/mol. The van der Waals surface area contributed by atoms with Crippen molar-refractivity contribution >= 4 is 23.5 Å². The highest BCUT2D eigenvalue weighted by Gasteiger charge is 2.38. The molecular formula is C24H23F3N8O3. The first-order valence-electron chi connectivity index (χ1n) is 11.3. The van der Waals surface area contributed by atoms with Gasteiger partial charge in [0.05, 0.1) is 12.7 Å². The summed E-state index contributed by atoms with van der Waals surface area (Å²) in [5.74, 6) is -1.31. The molecule has 2 amide bonds. The van der Waals surface area contributed by atoms with Crippen LogP contribution in [0.1, 0.15) is 61.8 Å². The van der Waals surface area contributed by atoms with Crippen molar-refractivity contribution in [1.29, 1.82) is 5.26 Å². The van der Waals surface area contributed by atoms with Crippen LogP contribution in [0.15, 0.2) is 41.7 Å². The summed E-state index contributed by atoms with van der Waals surface area (Å²) in [5, 5.41) is 18.1. The van der Waals surface area contributed by atoms with Gasteiger partial charge in [-0.05, 0) is 52.0 Å². The zero-order valence-electron chi connectivity index (χ0n) is 20.8. The van der Waals surface area contributed by atoms with E-state index in [1.54, 1.807) is 27.7 Å². The van der Waals surface area contributed by atoms with Gasteiger partial charge in [-0.1, -0.05) is 0 Å². The fraction of sp³-hybridized carbons (Fsp3) is 0.333. The molecule has 0 spiro atoms. The number of aromatic nitrogens is 4. The first-order valence-corrected chi connectivity index (χ1v) is 11.3. The molecule has 0 unspecified atom stereocenters. The average Bonchev–Trinajstić information content (AvgIpc) is 3.46. The number of nitriles is 1. The molecule has 0 bridgehead atoms. The smallest absolute Gasteiger partial charge is 0.413 e. The first-order chi connectivity index (χ1) is 17.8. The molecular weight excluding hydrogens is 505 g/mol. The van der Waals surface area contributed by atoms with Crippen LogP contribution in [0.4, 0.5) is 23.7 Å². The Morgan fingerprint density at radius 2 is 1.97 bits per heavy atom. The van der Waals surface area contributed by atoms with E-state index in [0.717, 1.165) is 18.3 Å². The number of nitrogens with zero attached hydrogens (tertiary/aromatic N) is 6. The number of carbonyl (C=O) groups is 2. The molecule has 3 heterocycles. The van der Waals surface area contributed by atoms with Crippen molar-refractivity contribution in [2.75, 3.05) is 5.32 Å². The van der Waals surface area contributed by atoms with Gasteiger partial charge in [0, 0.05) is 17.4 Å². The number of alkyl carbamates (subject to hydrolysis) is 1. The van der Waals surface area contributed by atoms with Crippen LogP contribution in [-0.2, 0) is 16.8 Å². The van der Waals surface area contributed by atoms with E-state index in [9.17, 15) is 23.6 Å². The van der Waals surface area contributed by atoms with E-state index in [1.165, 1.54) is 22.9 Å². The molecule has 0 saturated heterocycles. The predicted octanol–water partition coefficient (Wildman–Crippen LogP) is 3.94. The van der Waals surface area contributed by atoms with Gasteiger partial charge in [-0.3, -0.25) is 15.1 Å². The number of carbonyl (C=O) groups excluding carboxylic acids is 2. The second kappa shape index (κ2) is 9.66. The molecule has 3 aromatic rings. The Kier molecular flexibility index (Phi) is 6.71. The van der Waals surface area contributed by atoms with Crippen molar-refractivity contribution in [1.82, 2.24) is 24.6 Å². The number of hydrogen-bond donors (Lipinski definition) is 2. The van der Waals surface area contributed by atoms with E-state index < -0.39 is 35.5 Å². The van der Waals surface area contributed by atoms with Crippen LogP contribution in [-0.4, -0.2) is 42.8 Å². The summed E-state index contributed by atoms with van der Waals surface area (Å²) in [6, 6.07) is 6.86. The number of halogens is 3. The van der Waals surface area contributed by atoms with Gasteiger partial charge in [0.2, 0.25) is 0 Å². The van der Waals surface area contributed by atoms with Crippen molar-refractivity contribution < 1.29 is 27.5 Å². The number of hydrogen-bond acceptors (Lipinski definition) is 7. The lowest BCUT2D eigenvalue weighted by molar-refractivity contribution is 0.0553. The lowest BCUT2D eigenvalue weighted by Crippen LogP contribution is -2.44. The summed E-state index contributed by atoms with van der Waals surface area (Å²) < 4.78 is 47.9. The second-order valence-corrected chi connectivity index (χ2v) is 9.63. The van der Waals surface area contributed by atoms with Crippen LogP contribution in [0.5, 0.6) is 0 Å². The summed E-state index contributed by atoms with van der Waals surface area (Å²) >= 11 is 0. The van der Waals surface area contributed by atoms with Gasteiger partial charge >= 0.3 is 12.6 Å². The van der Waals surface area contributed by atoms with Crippen LogP contribution in [0.25, 0.3) is 0 Å². The number of aliphatic imine (C=N–C) groups is 1. The Labute approximate surface area is 214 Å². The molecule has 11 nitrogen and oxygen atoms in total. The summed E-state index contributed by atoms with van der Waals surface area (Å²) in [7, 11) is 0. The highest BCUT2D eigenvalue weighted by atomic mass is 19.3. The summed E-state index contributed by atoms with van der Waals surface area (Å²) in [6.45, 7) is 3.71. The molecule has 1 aromatic carbocycles. The molecule has 1 atom stereocenters. The molecule has 38 heavy (non-hydrogen) atoms. The van der Waals surface area contributed by atoms with Crippen LogP contribution < -0.4 is 10.6 Å². The van der Waals surface area contributed by atoms with Gasteiger partial charge < -0.3 is 14.6 Å². The molecule has 0 aliphatic carbocycles. The van der Waals surface area contributed by atoms with Gasteiger partial charge in [-0.2, -0.15) is 19.1 Å². The number of imidazole rings is 1. The normalized spacial score (nSPS) is 16.9. The first kappa shape index (κ1) is 26.4. The number of fused-ring (bicyclic) bond motifs is 1. The molecule has 14 heteroatoms. The lowest BCUT2D eigenvalue weighted by Gasteiger charge is -2.33. The standard InChI is InChI=1S/C24H23F3N8O3/c1-23(2,3)38-22(37)31-18-19-29-11-14(10-28)34(19)12-24(4,32-18)15-9-13(5-6-16(15)25)30-20(36)17-7-8-35(33-17)21(26)27/h5-9,11,21H,12H2,1-4H3,(H,30,36)(H,31,32,37)/t24-/m0/s1. The van der Waals surface area contributed by atoms with Gasteiger partial charge in [0.15, 0.2) is 17.4 Å². The Hall–Kier alpha value is -4.67. The number of anilines is 1. The van der Waals surface area contributed by atoms with Gasteiger partial charge in [0.25, 0.3) is 5.91 Å². The molecule has 1 aliphatic heterocycles. The Morgan fingerprint density at radius 3 is 2.61 bits per heavy atom. The quantitative estimate of drug-likeness (QED) is 0.526. The lowest BCUT2D eigenvalue weighted by atomic mass is 9.90. The van der Waals surface area contributed by atoms with Crippen molar-refractivity contribution in [2.24, 2.45) is 4.99 Å². The van der Waals surface area contributed by atoms with Crippen LogP contribution in [0.3, 0.4) is 0 Å². The van der Waals surface area contributed by atoms with Crippen molar-refractivity contribution in [2.45, 2.75) is 51.9 Å². The van der Waals surface area contributed by atoms with E-state index in [-0.39, 0.29) is 40.8 Å². The van der Waals surface area contributed by atoms with Crippen LogP contribution in [0.2, 0.25) is 0 Å². The average molecular weight is 528 g/mol. The summed E-state index contributed by atoms with van der Waals surface area (Å²) in [4.78, 5) is 33.8. The zero-order valence-corrected chi connectivity index (χ0v) is 20.8. The van der Waals surface area contributed by atoms with E-state index in [4.69, 9.17) is 4.74 Å². The maximum Gasteiger partial charge on any atom is 0.413 e. The SMILES string of the molecule is CC(C)(C)OC(=O)NC1=N[C@](C)(c2cc(NC(=O)c3ccn(C(F)F)n3)ccc2F)Cn2c(C#N)cnc21. The Morgan fingerprint density at radius 1 is 1.24 bits per heavy atom. The minimum Gasteiger partial charge on any atom is -0.444 e. The Bertz CT molecular complexity index is 1480. The van der Waals surface area contributed by atoms with Crippen LogP contribution in [0, 0.1) is 17.1 Å². The highest BCUT2D eigenvalue weighted by Crippen LogP contribution is 2.35. The summed E-state index contributed by atoms with van der Waals surface area (Å²) in [5.41, 5.74) is -2.10. The molecule has 4 rings (SSSR count). The molecule has 0 fully saturated rings. The van der Waals surface area contributed by atoms with Gasteiger partial charge in [-0.15, -0.1) is 0 Å². The second-order valence-electron chi connectivity index (χ2n) is 9.63. The van der Waals surface area contributed by atoms with Crippen molar-refractivity contribution in [3.63, 3.8) is 0 Å². The maximum absolute atomic E-state index is 15.2. The largest absolute Gasteiger partial charge is 0.444 e. The van der Waals surface area contributed by atoms with Gasteiger partial charge in [-0.25, -0.2) is 18.9 Å². The molecule has 0 saturated carbocycles. The molecule has 198 valence electrons. The van der Waals surface area contributed by atoms with E-state index >= 15 is 4.39 Å². The number of rotatable bonds is 4. The number of benzene rings is 1. The highest BCUT2D eigenvalue weighted by molar-refractivity contribution is 6.05. The number of amides is 2. The number of amidine groups is 1.